The minimum absolute atomic E-state index is 0.0209. The number of nitriles is 2. The normalized spacial score (nSPS) is 15.3. The van der Waals surface area contributed by atoms with Crippen LogP contribution in [0.15, 0.2) is 129 Å². The summed E-state index contributed by atoms with van der Waals surface area (Å²) in [5.41, 5.74) is 18.6. The number of allylic oxidation sites excluding steroid dienone is 2. The molecule has 0 saturated carbocycles. The second-order valence-electron chi connectivity index (χ2n) is 12.6. The maximum Gasteiger partial charge on any atom is 0.229 e. The molecule has 0 saturated heterocycles. The Morgan fingerprint density at radius 2 is 1.04 bits per heavy atom. The van der Waals surface area contributed by atoms with Gasteiger partial charge in [0.2, 0.25) is 23.5 Å². The van der Waals surface area contributed by atoms with Crippen molar-refractivity contribution >= 4 is 31.9 Å². The van der Waals surface area contributed by atoms with Gasteiger partial charge in [0, 0.05) is 6.61 Å². The minimum atomic E-state index is -0.492. The highest BCUT2D eigenvalue weighted by molar-refractivity contribution is 9.10. The number of halogens is 4. The van der Waals surface area contributed by atoms with Gasteiger partial charge in [0.1, 0.15) is 34.9 Å². The largest absolute Gasteiger partial charge is 0.422 e. The van der Waals surface area contributed by atoms with E-state index in [4.69, 9.17) is 26.0 Å². The number of rotatable bonds is 4. The van der Waals surface area contributed by atoms with Crippen LogP contribution in [0.1, 0.15) is 52.4 Å². The number of hydrogen-bond acceptors (Lipinski definition) is 9. The van der Waals surface area contributed by atoms with Gasteiger partial charge in [-0.2, -0.15) is 20.7 Å². The SMILES string of the molecule is CCO.Cc1nn(-c2ccccc2)c2c1C(c1ccc(F)c(Br)c1)C(C#N)=C(N)O2.Cc1nn(-c2ccccc2)c2c1C(c1ccc(F)c(Br)c1)C(C#N)=C(N)O2. The lowest BCUT2D eigenvalue weighted by atomic mass is 9.84. The fourth-order valence-electron chi connectivity index (χ4n) is 6.57. The number of para-hydroxylation sites is 2. The lowest BCUT2D eigenvalue weighted by molar-refractivity contribution is 0.318. The molecule has 2 aliphatic heterocycles. The zero-order chi connectivity index (χ0) is 41.0. The van der Waals surface area contributed by atoms with E-state index >= 15 is 0 Å². The molecule has 4 heterocycles. The van der Waals surface area contributed by atoms with Crippen molar-refractivity contribution in [1.29, 1.82) is 10.5 Å². The van der Waals surface area contributed by atoms with E-state index in [-0.39, 0.29) is 41.2 Å². The molecule has 8 rings (SSSR count). The van der Waals surface area contributed by atoms with Crippen LogP contribution in [-0.4, -0.2) is 31.3 Å². The molecule has 0 bridgehead atoms. The first kappa shape index (κ1) is 40.4. The third-order valence-electron chi connectivity index (χ3n) is 9.02. The van der Waals surface area contributed by atoms with Gasteiger partial charge in [-0.25, -0.2) is 18.1 Å². The van der Waals surface area contributed by atoms with Crippen molar-refractivity contribution in [2.24, 2.45) is 11.5 Å². The zero-order valence-corrected chi connectivity index (χ0v) is 33.9. The molecule has 0 fully saturated rings. The predicted octanol–water partition coefficient (Wildman–Crippen LogP) is 8.60. The number of nitrogens with two attached hydrogens (primary N) is 2. The number of aromatic nitrogens is 4. The van der Waals surface area contributed by atoms with Gasteiger partial charge in [-0.3, -0.25) is 0 Å². The van der Waals surface area contributed by atoms with Gasteiger partial charge in [-0.05, 0) is 112 Å². The fraction of sp³-hybridized carbons (Fsp3) is 0.143. The standard InChI is InChI=1S/2C20H14BrFN4O.C2H6O/c2*1-11-17-18(12-7-8-16(22)15(21)9-12)14(10-23)19(24)27-20(17)26(25-11)13-5-3-2-4-6-13;1-2-3/h2*2-9,18H,24H2,1H3;3H,2H2,1H3. The summed E-state index contributed by atoms with van der Waals surface area (Å²) in [6.45, 7) is 5.63. The molecule has 2 unspecified atom stereocenters. The van der Waals surface area contributed by atoms with Gasteiger partial charge in [-0.1, -0.05) is 48.5 Å². The van der Waals surface area contributed by atoms with E-state index in [9.17, 15) is 19.3 Å². The summed E-state index contributed by atoms with van der Waals surface area (Å²) in [7, 11) is 0. The number of fused-ring (bicyclic) bond motifs is 2. The van der Waals surface area contributed by atoms with Crippen molar-refractivity contribution in [1.82, 2.24) is 19.6 Å². The maximum atomic E-state index is 13.7. The molecular weight excluding hydrogens is 862 g/mol. The summed E-state index contributed by atoms with van der Waals surface area (Å²) in [6.07, 6.45) is 0. The van der Waals surface area contributed by atoms with E-state index < -0.39 is 11.8 Å². The number of benzene rings is 4. The van der Waals surface area contributed by atoms with Crippen LogP contribution in [0.4, 0.5) is 8.78 Å². The van der Waals surface area contributed by atoms with Crippen molar-refractivity contribution < 1.29 is 23.4 Å². The molecule has 2 aliphatic rings. The number of hydrogen-bond donors (Lipinski definition) is 3. The first-order valence-corrected chi connectivity index (χ1v) is 19.0. The van der Waals surface area contributed by atoms with Gasteiger partial charge < -0.3 is 26.0 Å². The first-order chi connectivity index (χ1) is 27.4. The van der Waals surface area contributed by atoms with Crippen molar-refractivity contribution in [3.05, 3.63) is 174 Å². The smallest absolute Gasteiger partial charge is 0.229 e. The topological polar surface area (TPSA) is 174 Å². The van der Waals surface area contributed by atoms with Crippen LogP contribution in [0.2, 0.25) is 0 Å². The van der Waals surface area contributed by atoms with Crippen LogP contribution in [0.3, 0.4) is 0 Å². The van der Waals surface area contributed by atoms with E-state index in [1.54, 1.807) is 40.6 Å². The molecule has 57 heavy (non-hydrogen) atoms. The van der Waals surface area contributed by atoms with Gasteiger partial charge in [0.25, 0.3) is 0 Å². The maximum absolute atomic E-state index is 13.7. The van der Waals surface area contributed by atoms with E-state index in [1.807, 2.05) is 74.5 Å². The van der Waals surface area contributed by atoms with Crippen LogP contribution >= 0.6 is 31.9 Å². The molecule has 2 atom stereocenters. The van der Waals surface area contributed by atoms with Crippen molar-refractivity contribution in [3.63, 3.8) is 0 Å². The average molecular weight is 897 g/mol. The molecule has 6 aromatic rings. The van der Waals surface area contributed by atoms with Crippen LogP contribution in [0.25, 0.3) is 11.4 Å². The van der Waals surface area contributed by atoms with E-state index in [2.05, 4.69) is 54.2 Å². The van der Waals surface area contributed by atoms with Crippen molar-refractivity contribution in [3.8, 4) is 35.3 Å². The van der Waals surface area contributed by atoms with E-state index in [0.29, 0.717) is 32.1 Å². The molecule has 288 valence electrons. The van der Waals surface area contributed by atoms with Gasteiger partial charge >= 0.3 is 0 Å². The third kappa shape index (κ3) is 7.91. The summed E-state index contributed by atoms with van der Waals surface area (Å²) in [5.74, 6) is -0.779. The van der Waals surface area contributed by atoms with Crippen LogP contribution in [0, 0.1) is 48.1 Å². The highest BCUT2D eigenvalue weighted by atomic mass is 79.9. The first-order valence-electron chi connectivity index (χ1n) is 17.4. The monoisotopic (exact) mass is 894 g/mol. The molecule has 0 spiro atoms. The Morgan fingerprint density at radius 3 is 1.35 bits per heavy atom. The zero-order valence-electron chi connectivity index (χ0n) is 30.7. The number of aliphatic hydroxyl groups excluding tert-OH is 1. The molecule has 11 nitrogen and oxygen atoms in total. The van der Waals surface area contributed by atoms with E-state index in [1.165, 1.54) is 12.1 Å². The van der Waals surface area contributed by atoms with Crippen molar-refractivity contribution in [2.75, 3.05) is 6.61 Å². The fourth-order valence-corrected chi connectivity index (χ4v) is 7.36. The van der Waals surface area contributed by atoms with Crippen LogP contribution in [-0.2, 0) is 0 Å². The number of ether oxygens (including phenoxy) is 2. The van der Waals surface area contributed by atoms with Crippen molar-refractivity contribution in [2.45, 2.75) is 32.6 Å². The number of aryl methyl sites for hydroxylation is 2. The Balaban J connectivity index is 0.000000180. The Kier molecular flexibility index (Phi) is 12.2. The Labute approximate surface area is 343 Å². The lowest BCUT2D eigenvalue weighted by Gasteiger charge is -2.25. The third-order valence-corrected chi connectivity index (χ3v) is 10.2. The van der Waals surface area contributed by atoms with Gasteiger partial charge in [-0.15, -0.1) is 0 Å². The molecule has 15 heteroatoms. The number of aliphatic hydroxyl groups is 1. The van der Waals surface area contributed by atoms with E-state index in [0.717, 1.165) is 33.6 Å². The second-order valence-corrected chi connectivity index (χ2v) is 14.3. The Hall–Kier alpha value is -6.26. The average Bonchev–Trinajstić information content (AvgIpc) is 3.72. The summed E-state index contributed by atoms with van der Waals surface area (Å²) in [6, 6.07) is 32.6. The summed E-state index contributed by atoms with van der Waals surface area (Å²) in [4.78, 5) is 0. The molecule has 0 radical (unpaired) electrons. The highest BCUT2D eigenvalue weighted by Crippen LogP contribution is 2.46. The molecule has 0 amide bonds. The summed E-state index contributed by atoms with van der Waals surface area (Å²) < 4.78 is 43.0. The minimum Gasteiger partial charge on any atom is -0.422 e. The molecule has 0 aliphatic carbocycles. The molecule has 4 aromatic carbocycles. The number of nitrogens with zero attached hydrogens (tertiary/aromatic N) is 6. The Morgan fingerprint density at radius 1 is 0.684 bits per heavy atom. The quantitative estimate of drug-likeness (QED) is 0.157. The van der Waals surface area contributed by atoms with Crippen LogP contribution < -0.4 is 20.9 Å². The molecular formula is C42H34Br2F2N8O3. The molecule has 2 aromatic heterocycles. The van der Waals surface area contributed by atoms with Gasteiger partial charge in [0.05, 0.1) is 54.7 Å². The summed E-state index contributed by atoms with van der Waals surface area (Å²) in [5, 5.41) is 36.1. The van der Waals surface area contributed by atoms with Gasteiger partial charge in [0.15, 0.2) is 0 Å². The highest BCUT2D eigenvalue weighted by Gasteiger charge is 2.38. The predicted molar refractivity (Wildman–Crippen MR) is 216 cm³/mol. The second kappa shape index (κ2) is 17.3. The Bertz CT molecular complexity index is 2430. The lowest BCUT2D eigenvalue weighted by Crippen LogP contribution is -2.22. The van der Waals surface area contributed by atoms with Crippen LogP contribution in [0.5, 0.6) is 11.8 Å². The molecule has 5 N–H and O–H groups in total. The summed E-state index contributed by atoms with van der Waals surface area (Å²) >= 11 is 6.43.